The van der Waals surface area contributed by atoms with Gasteiger partial charge in [-0.15, -0.1) is 24.0 Å². The lowest BCUT2D eigenvalue weighted by Crippen LogP contribution is -2.38. The van der Waals surface area contributed by atoms with Crippen LogP contribution in [0.15, 0.2) is 21.6 Å². The summed E-state index contributed by atoms with van der Waals surface area (Å²) in [5, 5.41) is 6.68. The molecular formula is C15H21BrIN3O2. The minimum atomic E-state index is 0. The topological polar surface area (TPSA) is 54.9 Å². The predicted octanol–water partition coefficient (Wildman–Crippen LogP) is 3.06. The first-order valence-corrected chi connectivity index (χ1v) is 8.18. The van der Waals surface area contributed by atoms with Gasteiger partial charge < -0.3 is 20.1 Å². The lowest BCUT2D eigenvalue weighted by molar-refractivity contribution is 0.170. The molecule has 3 rings (SSSR count). The maximum Gasteiger partial charge on any atom is 0.191 e. The van der Waals surface area contributed by atoms with Gasteiger partial charge in [0.1, 0.15) is 13.2 Å². The Hall–Kier alpha value is -0.700. The Balaban J connectivity index is 0.00000176. The number of guanidine groups is 1. The fourth-order valence-corrected chi connectivity index (χ4v) is 2.77. The van der Waals surface area contributed by atoms with Crippen molar-refractivity contribution < 1.29 is 9.47 Å². The number of halogens is 2. The highest BCUT2D eigenvalue weighted by atomic mass is 127. The van der Waals surface area contributed by atoms with Crippen LogP contribution in [0.3, 0.4) is 0 Å². The first-order valence-electron chi connectivity index (χ1n) is 7.39. The molecule has 1 aliphatic heterocycles. The van der Waals surface area contributed by atoms with E-state index in [1.807, 2.05) is 12.1 Å². The first kappa shape index (κ1) is 17.7. The highest BCUT2D eigenvalue weighted by molar-refractivity contribution is 14.0. The monoisotopic (exact) mass is 481 g/mol. The van der Waals surface area contributed by atoms with Gasteiger partial charge in [0, 0.05) is 12.6 Å². The van der Waals surface area contributed by atoms with Gasteiger partial charge in [-0.25, -0.2) is 4.99 Å². The van der Waals surface area contributed by atoms with Crippen molar-refractivity contribution in [3.63, 3.8) is 0 Å². The maximum atomic E-state index is 5.64. The van der Waals surface area contributed by atoms with E-state index in [1.54, 1.807) is 0 Å². The summed E-state index contributed by atoms with van der Waals surface area (Å²) in [6.07, 6.45) is 2.47. The molecule has 0 atom stereocenters. The molecule has 122 valence electrons. The highest BCUT2D eigenvalue weighted by Gasteiger charge is 2.22. The summed E-state index contributed by atoms with van der Waals surface area (Å²) >= 11 is 3.54. The van der Waals surface area contributed by atoms with E-state index in [2.05, 4.69) is 38.5 Å². The fourth-order valence-electron chi connectivity index (χ4n) is 2.17. The van der Waals surface area contributed by atoms with E-state index in [-0.39, 0.29) is 24.0 Å². The maximum absolute atomic E-state index is 5.64. The fraction of sp³-hybridized carbons (Fsp3) is 0.533. The van der Waals surface area contributed by atoms with Gasteiger partial charge in [-0.1, -0.05) is 0 Å². The molecule has 1 saturated carbocycles. The number of ether oxygens (including phenoxy) is 2. The Labute approximate surface area is 156 Å². The number of rotatable bonds is 4. The number of nitrogens with one attached hydrogen (secondary N) is 2. The third-order valence-corrected chi connectivity index (χ3v) is 3.93. The number of nitrogens with zero attached hydrogens (tertiary/aromatic N) is 1. The number of fused-ring (bicyclic) bond motifs is 1. The minimum Gasteiger partial charge on any atom is -0.486 e. The van der Waals surface area contributed by atoms with Crippen LogP contribution in [0, 0.1) is 0 Å². The van der Waals surface area contributed by atoms with Crippen molar-refractivity contribution in [1.82, 2.24) is 10.6 Å². The average Bonchev–Trinajstić information content (AvgIpc) is 3.29. The van der Waals surface area contributed by atoms with Gasteiger partial charge in [0.05, 0.1) is 11.0 Å². The van der Waals surface area contributed by atoms with Crippen LogP contribution in [0.4, 0.5) is 0 Å². The van der Waals surface area contributed by atoms with E-state index in [4.69, 9.17) is 9.47 Å². The van der Waals surface area contributed by atoms with Crippen LogP contribution < -0.4 is 20.1 Å². The molecule has 2 N–H and O–H groups in total. The lowest BCUT2D eigenvalue weighted by Gasteiger charge is -2.20. The molecule has 1 aromatic rings. The van der Waals surface area contributed by atoms with Crippen molar-refractivity contribution in [1.29, 1.82) is 0 Å². The van der Waals surface area contributed by atoms with E-state index in [9.17, 15) is 0 Å². The Bertz CT molecular complexity index is 550. The summed E-state index contributed by atoms with van der Waals surface area (Å²) in [7, 11) is 0. The van der Waals surface area contributed by atoms with Crippen molar-refractivity contribution in [3.05, 3.63) is 22.2 Å². The van der Waals surface area contributed by atoms with Crippen LogP contribution in [0.2, 0.25) is 0 Å². The number of hydrogen-bond donors (Lipinski definition) is 2. The molecule has 2 aliphatic rings. The van der Waals surface area contributed by atoms with Crippen LogP contribution in [0.5, 0.6) is 11.5 Å². The number of hydrogen-bond acceptors (Lipinski definition) is 3. The Morgan fingerprint density at radius 1 is 1.32 bits per heavy atom. The normalized spacial score (nSPS) is 16.7. The standard InChI is InChI=1S/C15H20BrN3O2.HI/c1-2-17-15(19-11-3-4-11)18-9-10-7-12(16)14-13(8-10)20-5-6-21-14;/h7-8,11H,2-6,9H2,1H3,(H2,17,18,19);1H. The van der Waals surface area contributed by atoms with Crippen LogP contribution in [0.1, 0.15) is 25.3 Å². The zero-order chi connectivity index (χ0) is 14.7. The van der Waals surface area contributed by atoms with Crippen LogP contribution in [0.25, 0.3) is 0 Å². The van der Waals surface area contributed by atoms with Gasteiger partial charge in [-0.3, -0.25) is 0 Å². The van der Waals surface area contributed by atoms with Gasteiger partial charge >= 0.3 is 0 Å². The minimum absolute atomic E-state index is 0. The molecule has 22 heavy (non-hydrogen) atoms. The molecular weight excluding hydrogens is 461 g/mol. The highest BCUT2D eigenvalue weighted by Crippen LogP contribution is 2.38. The molecule has 0 aromatic heterocycles. The quantitative estimate of drug-likeness (QED) is 0.394. The molecule has 0 saturated heterocycles. The molecule has 1 aliphatic carbocycles. The summed E-state index contributed by atoms with van der Waals surface area (Å²) in [6, 6.07) is 4.64. The molecule has 0 unspecified atom stereocenters. The second kappa shape index (κ2) is 8.24. The zero-order valence-electron chi connectivity index (χ0n) is 12.5. The van der Waals surface area contributed by atoms with Crippen LogP contribution in [-0.4, -0.2) is 31.8 Å². The van der Waals surface area contributed by atoms with Crippen LogP contribution >= 0.6 is 39.9 Å². The SMILES string of the molecule is CCNC(=NCc1cc(Br)c2c(c1)OCCO2)NC1CC1.I. The second-order valence-electron chi connectivity index (χ2n) is 5.22. The third kappa shape index (κ3) is 4.65. The Morgan fingerprint density at radius 3 is 2.82 bits per heavy atom. The van der Waals surface area contributed by atoms with Crippen molar-refractivity contribution >= 4 is 45.9 Å². The Kier molecular flexibility index (Phi) is 6.61. The van der Waals surface area contributed by atoms with Gasteiger partial charge in [0.2, 0.25) is 0 Å². The predicted molar refractivity (Wildman–Crippen MR) is 102 cm³/mol. The molecule has 5 nitrogen and oxygen atoms in total. The van der Waals surface area contributed by atoms with Crippen molar-refractivity contribution in [2.75, 3.05) is 19.8 Å². The summed E-state index contributed by atoms with van der Waals surface area (Å²) in [5.41, 5.74) is 1.10. The van der Waals surface area contributed by atoms with Crippen LogP contribution in [-0.2, 0) is 6.54 Å². The van der Waals surface area contributed by atoms with Gasteiger partial charge in [-0.05, 0) is 53.4 Å². The average molecular weight is 482 g/mol. The van der Waals surface area contributed by atoms with Gasteiger partial charge in [0.25, 0.3) is 0 Å². The molecule has 1 heterocycles. The van der Waals surface area contributed by atoms with E-state index < -0.39 is 0 Å². The van der Waals surface area contributed by atoms with E-state index in [0.717, 1.165) is 34.0 Å². The molecule has 7 heteroatoms. The lowest BCUT2D eigenvalue weighted by atomic mass is 10.2. The molecule has 0 radical (unpaired) electrons. The number of benzene rings is 1. The molecule has 1 aromatic carbocycles. The smallest absolute Gasteiger partial charge is 0.191 e. The van der Waals surface area contributed by atoms with Crippen molar-refractivity contribution in [2.24, 2.45) is 4.99 Å². The first-order chi connectivity index (χ1) is 10.3. The summed E-state index contributed by atoms with van der Waals surface area (Å²) in [6.45, 7) is 4.74. The second-order valence-corrected chi connectivity index (χ2v) is 6.07. The zero-order valence-corrected chi connectivity index (χ0v) is 16.4. The molecule has 1 fully saturated rings. The van der Waals surface area contributed by atoms with Crippen molar-refractivity contribution in [2.45, 2.75) is 32.4 Å². The largest absolute Gasteiger partial charge is 0.486 e. The number of aliphatic imine (C=N–C) groups is 1. The summed E-state index contributed by atoms with van der Waals surface area (Å²) < 4.78 is 12.2. The summed E-state index contributed by atoms with van der Waals surface area (Å²) in [4.78, 5) is 4.63. The molecule has 0 spiro atoms. The van der Waals surface area contributed by atoms with Gasteiger partial charge in [0.15, 0.2) is 17.5 Å². The third-order valence-electron chi connectivity index (χ3n) is 3.34. The van der Waals surface area contributed by atoms with Crippen molar-refractivity contribution in [3.8, 4) is 11.5 Å². The molecule has 0 amide bonds. The summed E-state index contributed by atoms with van der Waals surface area (Å²) in [5.74, 6) is 2.46. The van der Waals surface area contributed by atoms with Gasteiger partial charge in [-0.2, -0.15) is 0 Å². The molecule has 0 bridgehead atoms. The van der Waals surface area contributed by atoms with E-state index in [0.29, 0.717) is 25.8 Å². The van der Waals surface area contributed by atoms with E-state index >= 15 is 0 Å². The Morgan fingerprint density at radius 2 is 2.09 bits per heavy atom. The van der Waals surface area contributed by atoms with E-state index in [1.165, 1.54) is 12.8 Å².